The van der Waals surface area contributed by atoms with Gasteiger partial charge in [-0.1, -0.05) is 0 Å². The first-order chi connectivity index (χ1) is 13.4. The predicted octanol–water partition coefficient (Wildman–Crippen LogP) is 4.14. The van der Waals surface area contributed by atoms with Gasteiger partial charge in [0, 0.05) is 18.2 Å². The molecule has 0 radical (unpaired) electrons. The largest absolute Gasteiger partial charge is 0.497 e. The van der Waals surface area contributed by atoms with E-state index in [9.17, 15) is 10.1 Å². The fraction of sp³-hybridized carbons (Fsp3) is 0.200. The Labute approximate surface area is 191 Å². The highest BCUT2D eigenvalue weighted by Gasteiger charge is 2.13. The summed E-state index contributed by atoms with van der Waals surface area (Å²) in [6.07, 6.45) is 1.56. The van der Waals surface area contributed by atoms with Gasteiger partial charge in [-0.3, -0.25) is 4.79 Å². The molecule has 0 aliphatic rings. The van der Waals surface area contributed by atoms with Gasteiger partial charge in [0.05, 0.1) is 28.5 Å². The van der Waals surface area contributed by atoms with Gasteiger partial charge in [-0.05, 0) is 81.1 Å². The van der Waals surface area contributed by atoms with E-state index in [0.717, 1.165) is 24.0 Å². The zero-order valence-corrected chi connectivity index (χ0v) is 19.8. The maximum Gasteiger partial charge on any atom is 0.262 e. The van der Waals surface area contributed by atoms with Crippen LogP contribution in [0.25, 0.3) is 6.08 Å². The van der Waals surface area contributed by atoms with Gasteiger partial charge in [-0.25, -0.2) is 0 Å². The Bertz CT molecular complexity index is 929. The van der Waals surface area contributed by atoms with E-state index in [2.05, 4.69) is 50.5 Å². The number of methoxy groups -OCH3 is 3. The normalized spacial score (nSPS) is 10.8. The van der Waals surface area contributed by atoms with E-state index in [4.69, 9.17) is 14.2 Å². The number of carbonyl (C=O) groups is 1. The van der Waals surface area contributed by atoms with Crippen LogP contribution in [0.4, 0.5) is 0 Å². The van der Waals surface area contributed by atoms with Crippen LogP contribution in [0, 0.1) is 18.5 Å². The van der Waals surface area contributed by atoms with E-state index in [-0.39, 0.29) is 12.1 Å². The number of nitrogens with zero attached hydrogens (tertiary/aromatic N) is 1. The lowest BCUT2D eigenvalue weighted by Gasteiger charge is -2.11. The lowest BCUT2D eigenvalue weighted by Crippen LogP contribution is -2.24. The minimum absolute atomic E-state index is 0.0178. The number of amides is 1. The molecule has 0 heterocycles. The summed E-state index contributed by atoms with van der Waals surface area (Å²) in [7, 11) is 4.73. The number of nitriles is 1. The van der Waals surface area contributed by atoms with Gasteiger partial charge in [0.15, 0.2) is 0 Å². The molecule has 1 N–H and O–H groups in total. The number of ether oxygens (including phenoxy) is 3. The number of nitrogens with one attached hydrogen (secondary N) is 1. The van der Waals surface area contributed by atoms with Crippen molar-refractivity contribution >= 4 is 57.2 Å². The van der Waals surface area contributed by atoms with E-state index in [1.807, 2.05) is 24.3 Å². The third kappa shape index (κ3) is 5.51. The molecule has 2 rings (SSSR count). The fourth-order valence-corrected chi connectivity index (χ4v) is 4.70. The molecule has 0 spiro atoms. The molecule has 0 aromatic heterocycles. The molecule has 146 valence electrons. The summed E-state index contributed by atoms with van der Waals surface area (Å²) in [5.74, 6) is 1.57. The molecule has 2 aromatic rings. The van der Waals surface area contributed by atoms with Crippen molar-refractivity contribution in [3.63, 3.8) is 0 Å². The Kier molecular flexibility index (Phi) is 8.37. The smallest absolute Gasteiger partial charge is 0.262 e. The molecule has 0 unspecified atom stereocenters. The van der Waals surface area contributed by atoms with Crippen LogP contribution in [-0.2, 0) is 11.3 Å². The van der Waals surface area contributed by atoms with Crippen molar-refractivity contribution in [3.05, 3.63) is 54.2 Å². The quantitative estimate of drug-likeness (QED) is 0.292. The van der Waals surface area contributed by atoms with Crippen LogP contribution in [0.3, 0.4) is 0 Å². The van der Waals surface area contributed by atoms with E-state index < -0.39 is 5.91 Å². The molecule has 0 bridgehead atoms. The molecule has 0 aliphatic heterocycles. The number of benzene rings is 2. The van der Waals surface area contributed by atoms with Crippen LogP contribution < -0.4 is 19.5 Å². The zero-order chi connectivity index (χ0) is 20.7. The SMILES string of the molecule is COc1ccc(CNC(=O)/C(C#N)=C/c2cc(I)c(OC)c(I)c2)c(OC)c1. The minimum atomic E-state index is -0.457. The van der Waals surface area contributed by atoms with Crippen LogP contribution in [0.5, 0.6) is 17.2 Å². The number of carbonyl (C=O) groups excluding carboxylic acids is 1. The van der Waals surface area contributed by atoms with Gasteiger partial charge >= 0.3 is 0 Å². The molecule has 0 atom stereocenters. The van der Waals surface area contributed by atoms with E-state index in [0.29, 0.717) is 11.5 Å². The first-order valence-corrected chi connectivity index (χ1v) is 10.2. The van der Waals surface area contributed by atoms with Gasteiger partial charge in [-0.2, -0.15) is 5.26 Å². The van der Waals surface area contributed by atoms with Crippen molar-refractivity contribution < 1.29 is 19.0 Å². The lowest BCUT2D eigenvalue weighted by molar-refractivity contribution is -0.117. The predicted molar refractivity (Wildman–Crippen MR) is 123 cm³/mol. The van der Waals surface area contributed by atoms with Crippen molar-refractivity contribution in [1.29, 1.82) is 5.26 Å². The summed E-state index contributed by atoms with van der Waals surface area (Å²) in [5, 5.41) is 12.2. The Morgan fingerprint density at radius 1 is 1.11 bits per heavy atom. The first-order valence-electron chi connectivity index (χ1n) is 8.07. The van der Waals surface area contributed by atoms with Crippen LogP contribution in [0.15, 0.2) is 35.9 Å². The van der Waals surface area contributed by atoms with Crippen molar-refractivity contribution in [1.82, 2.24) is 5.32 Å². The summed E-state index contributed by atoms with van der Waals surface area (Å²) in [6, 6.07) is 11.0. The van der Waals surface area contributed by atoms with Crippen molar-refractivity contribution in [2.24, 2.45) is 0 Å². The van der Waals surface area contributed by atoms with Gasteiger partial charge < -0.3 is 19.5 Å². The van der Waals surface area contributed by atoms with Crippen molar-refractivity contribution in [2.45, 2.75) is 6.54 Å². The van der Waals surface area contributed by atoms with Crippen LogP contribution in [0.2, 0.25) is 0 Å². The molecule has 0 aliphatic carbocycles. The molecule has 0 saturated carbocycles. The maximum absolute atomic E-state index is 12.5. The van der Waals surface area contributed by atoms with E-state index in [1.165, 1.54) is 0 Å². The Hall–Kier alpha value is -2.00. The molecule has 0 saturated heterocycles. The highest BCUT2D eigenvalue weighted by molar-refractivity contribution is 14.1. The lowest BCUT2D eigenvalue weighted by atomic mass is 10.1. The summed E-state index contributed by atoms with van der Waals surface area (Å²) in [5.41, 5.74) is 1.55. The number of halogens is 2. The van der Waals surface area contributed by atoms with Crippen LogP contribution in [0.1, 0.15) is 11.1 Å². The second kappa shape index (κ2) is 10.5. The monoisotopic (exact) mass is 604 g/mol. The molecular weight excluding hydrogens is 586 g/mol. The number of hydrogen-bond donors (Lipinski definition) is 1. The minimum Gasteiger partial charge on any atom is -0.497 e. The summed E-state index contributed by atoms with van der Waals surface area (Å²) in [4.78, 5) is 12.5. The Morgan fingerprint density at radius 3 is 2.32 bits per heavy atom. The van der Waals surface area contributed by atoms with Crippen molar-refractivity contribution in [2.75, 3.05) is 21.3 Å². The van der Waals surface area contributed by atoms with Gasteiger partial charge in [0.25, 0.3) is 5.91 Å². The molecule has 8 heteroatoms. The highest BCUT2D eigenvalue weighted by atomic mass is 127. The molecule has 1 amide bonds. The van der Waals surface area contributed by atoms with Gasteiger partial charge in [0.1, 0.15) is 28.9 Å². The summed E-state index contributed by atoms with van der Waals surface area (Å²) in [6.45, 7) is 0.225. The highest BCUT2D eigenvalue weighted by Crippen LogP contribution is 2.29. The number of hydrogen-bond acceptors (Lipinski definition) is 5. The van der Waals surface area contributed by atoms with Gasteiger partial charge in [-0.15, -0.1) is 0 Å². The second-order valence-corrected chi connectivity index (χ2v) is 7.87. The Balaban J connectivity index is 2.19. The van der Waals surface area contributed by atoms with Gasteiger partial charge in [0.2, 0.25) is 0 Å². The second-order valence-electron chi connectivity index (χ2n) is 5.55. The fourth-order valence-electron chi connectivity index (χ4n) is 2.44. The standard InChI is InChI=1S/C20H18I2N2O4/c1-26-15-5-4-13(18(9-15)27-2)11-24-20(25)14(10-23)6-12-7-16(21)19(28-3)17(22)8-12/h4-9H,11H2,1-3H3,(H,24,25)/b14-6+. The average molecular weight is 604 g/mol. The van der Waals surface area contributed by atoms with E-state index in [1.54, 1.807) is 39.5 Å². The molecular formula is C20H18I2N2O4. The zero-order valence-electron chi connectivity index (χ0n) is 15.5. The van der Waals surface area contributed by atoms with E-state index >= 15 is 0 Å². The molecule has 0 fully saturated rings. The average Bonchev–Trinajstić information content (AvgIpc) is 2.69. The van der Waals surface area contributed by atoms with Crippen LogP contribution >= 0.6 is 45.2 Å². The summed E-state index contributed by atoms with van der Waals surface area (Å²) >= 11 is 4.32. The molecule has 6 nitrogen and oxygen atoms in total. The number of rotatable bonds is 7. The third-order valence-corrected chi connectivity index (χ3v) is 5.44. The third-order valence-electron chi connectivity index (χ3n) is 3.83. The van der Waals surface area contributed by atoms with Crippen LogP contribution in [-0.4, -0.2) is 27.2 Å². The topological polar surface area (TPSA) is 80.6 Å². The molecule has 2 aromatic carbocycles. The molecule has 28 heavy (non-hydrogen) atoms. The summed E-state index contributed by atoms with van der Waals surface area (Å²) < 4.78 is 17.6. The first kappa shape index (κ1) is 22.3. The van der Waals surface area contributed by atoms with Crippen molar-refractivity contribution in [3.8, 4) is 23.3 Å². The maximum atomic E-state index is 12.5. The Morgan fingerprint density at radius 2 is 1.79 bits per heavy atom.